The maximum atomic E-state index is 11.5. The molecule has 0 atom stereocenters. The summed E-state index contributed by atoms with van der Waals surface area (Å²) in [5, 5.41) is 34.5. The minimum Gasteiger partial charge on any atom is -0.507 e. The van der Waals surface area contributed by atoms with Crippen molar-refractivity contribution >= 4 is 0 Å². The number of aromatic hydroxyl groups is 3. The van der Waals surface area contributed by atoms with E-state index in [2.05, 4.69) is 134 Å². The normalized spacial score (nSPS) is 16.2. The van der Waals surface area contributed by atoms with Crippen molar-refractivity contribution in [2.75, 3.05) is 39.3 Å². The van der Waals surface area contributed by atoms with Crippen LogP contribution in [0.15, 0.2) is 36.4 Å². The number of phenols is 3. The van der Waals surface area contributed by atoms with Gasteiger partial charge in [0, 0.05) is 75.6 Å². The zero-order chi connectivity index (χ0) is 37.9. The molecular formula is C45H69N3O3. The van der Waals surface area contributed by atoms with Crippen LogP contribution >= 0.6 is 0 Å². The first-order chi connectivity index (χ1) is 23.5. The molecule has 0 aromatic heterocycles. The molecule has 0 unspecified atom stereocenters. The van der Waals surface area contributed by atoms with Gasteiger partial charge < -0.3 is 15.3 Å². The second-order valence-corrected chi connectivity index (χ2v) is 19.3. The molecule has 51 heavy (non-hydrogen) atoms. The van der Waals surface area contributed by atoms with Gasteiger partial charge in [-0.2, -0.15) is 0 Å². The molecule has 0 bridgehead atoms. The Morgan fingerprint density at radius 2 is 0.588 bits per heavy atom. The van der Waals surface area contributed by atoms with Crippen LogP contribution in [0.4, 0.5) is 0 Å². The molecule has 1 saturated heterocycles. The summed E-state index contributed by atoms with van der Waals surface area (Å²) in [5.74, 6) is 1.28. The first-order valence-electron chi connectivity index (χ1n) is 19.2. The van der Waals surface area contributed by atoms with Crippen LogP contribution in [0.3, 0.4) is 0 Å². The Kier molecular flexibility index (Phi) is 13.0. The molecule has 6 nitrogen and oxygen atoms in total. The van der Waals surface area contributed by atoms with Gasteiger partial charge in [0.05, 0.1) is 0 Å². The quantitative estimate of drug-likeness (QED) is 0.207. The molecule has 3 aromatic carbocycles. The van der Waals surface area contributed by atoms with Crippen LogP contribution < -0.4 is 0 Å². The second-order valence-electron chi connectivity index (χ2n) is 19.3. The average Bonchev–Trinajstić information content (AvgIpc) is 3.05. The summed E-state index contributed by atoms with van der Waals surface area (Å²) >= 11 is 0. The summed E-state index contributed by atoms with van der Waals surface area (Å²) < 4.78 is 0. The predicted molar refractivity (Wildman–Crippen MR) is 214 cm³/mol. The van der Waals surface area contributed by atoms with Crippen LogP contribution in [0.2, 0.25) is 0 Å². The molecule has 0 spiro atoms. The predicted octanol–water partition coefficient (Wildman–Crippen LogP) is 9.31. The molecule has 6 heteroatoms. The van der Waals surface area contributed by atoms with Crippen molar-refractivity contribution in [2.24, 2.45) is 16.2 Å². The molecule has 0 amide bonds. The Balaban J connectivity index is 1.65. The Morgan fingerprint density at radius 3 is 0.784 bits per heavy atom. The summed E-state index contributed by atoms with van der Waals surface area (Å²) in [5.41, 5.74) is 9.77. The average molecular weight is 700 g/mol. The van der Waals surface area contributed by atoms with Gasteiger partial charge in [-0.1, -0.05) is 115 Å². The zero-order valence-electron chi connectivity index (χ0n) is 34.1. The van der Waals surface area contributed by atoms with E-state index in [9.17, 15) is 15.3 Å². The lowest BCUT2D eigenvalue weighted by molar-refractivity contribution is 0.206. The third-order valence-electron chi connectivity index (χ3n) is 9.78. The van der Waals surface area contributed by atoms with E-state index in [1.165, 1.54) is 16.7 Å². The fraction of sp³-hybridized carbons (Fsp3) is 0.600. The van der Waals surface area contributed by atoms with E-state index in [0.717, 1.165) is 91.9 Å². The number of nitrogens with zero attached hydrogens (tertiary/aromatic N) is 3. The van der Waals surface area contributed by atoms with Gasteiger partial charge in [-0.15, -0.1) is 0 Å². The summed E-state index contributed by atoms with van der Waals surface area (Å²) in [6, 6.07) is 12.8. The fourth-order valence-electron chi connectivity index (χ4n) is 7.66. The van der Waals surface area contributed by atoms with E-state index in [1.54, 1.807) is 0 Å². The smallest absolute Gasteiger partial charge is 0.123 e. The van der Waals surface area contributed by atoms with Gasteiger partial charge in [0.2, 0.25) is 0 Å². The summed E-state index contributed by atoms with van der Waals surface area (Å²) in [6.45, 7) is 33.4. The van der Waals surface area contributed by atoms with Crippen molar-refractivity contribution < 1.29 is 15.3 Å². The topological polar surface area (TPSA) is 70.4 Å². The minimum atomic E-state index is 0.0736. The Hall–Kier alpha value is -3.06. The number of hydrogen-bond donors (Lipinski definition) is 3. The second kappa shape index (κ2) is 16.3. The molecular weight excluding hydrogens is 631 g/mol. The first-order valence-corrected chi connectivity index (χ1v) is 19.2. The van der Waals surface area contributed by atoms with Gasteiger partial charge >= 0.3 is 0 Å². The lowest BCUT2D eigenvalue weighted by atomic mass is 9.86. The molecule has 1 aliphatic heterocycles. The highest BCUT2D eigenvalue weighted by molar-refractivity contribution is 5.46. The van der Waals surface area contributed by atoms with E-state index in [4.69, 9.17) is 0 Å². The van der Waals surface area contributed by atoms with E-state index in [1.807, 2.05) is 0 Å². The van der Waals surface area contributed by atoms with Crippen LogP contribution in [0, 0.1) is 37.0 Å². The highest BCUT2D eigenvalue weighted by Gasteiger charge is 2.24. The third kappa shape index (κ3) is 12.5. The first kappa shape index (κ1) is 40.7. The van der Waals surface area contributed by atoms with Gasteiger partial charge in [0.1, 0.15) is 17.2 Å². The highest BCUT2D eigenvalue weighted by Crippen LogP contribution is 2.35. The Morgan fingerprint density at radius 1 is 0.392 bits per heavy atom. The van der Waals surface area contributed by atoms with E-state index < -0.39 is 0 Å². The van der Waals surface area contributed by atoms with Crippen molar-refractivity contribution in [1.29, 1.82) is 0 Å². The molecule has 3 aromatic rings. The van der Waals surface area contributed by atoms with Gasteiger partial charge in [-0.25, -0.2) is 0 Å². The Labute approximate surface area is 310 Å². The van der Waals surface area contributed by atoms with Gasteiger partial charge in [0.25, 0.3) is 0 Å². The fourth-order valence-corrected chi connectivity index (χ4v) is 7.66. The van der Waals surface area contributed by atoms with Gasteiger partial charge in [0.15, 0.2) is 0 Å². The molecule has 0 aliphatic carbocycles. The van der Waals surface area contributed by atoms with Crippen molar-refractivity contribution in [3.63, 3.8) is 0 Å². The summed E-state index contributed by atoms with van der Waals surface area (Å²) in [4.78, 5) is 7.43. The van der Waals surface area contributed by atoms with Gasteiger partial charge in [-0.3, -0.25) is 14.7 Å². The zero-order valence-corrected chi connectivity index (χ0v) is 34.1. The molecule has 1 heterocycles. The van der Waals surface area contributed by atoms with E-state index >= 15 is 0 Å². The van der Waals surface area contributed by atoms with Crippen molar-refractivity contribution in [3.05, 3.63) is 86.5 Å². The number of aryl methyl sites for hydroxylation is 3. The third-order valence-corrected chi connectivity index (χ3v) is 9.78. The molecule has 0 radical (unpaired) electrons. The van der Waals surface area contributed by atoms with Gasteiger partial charge in [-0.05, 0) is 73.0 Å². The SMILES string of the molecule is Cc1cc(CN2CCN(Cc3cc(C)cc(CC(C)(C)C)c3O)CCN(Cc3cc(C)cc(CC(C)(C)C)c3O)CC2)c(O)c(CC(C)(C)C)c1. The van der Waals surface area contributed by atoms with Crippen LogP contribution in [-0.2, 0) is 38.9 Å². The molecule has 3 N–H and O–H groups in total. The van der Waals surface area contributed by atoms with Crippen molar-refractivity contribution in [3.8, 4) is 17.2 Å². The standard InChI is InChI=1S/C45H69N3O3/c1-31-19-34(25-43(4,5)6)40(49)37(22-31)28-46-13-15-47(29-38-23-32(2)20-35(41(38)50)26-44(7,8)9)17-18-48(16-14-46)30-39-24-33(3)21-36(42(39)51)27-45(10,11)12/h19-24,49-51H,13-18,25-30H2,1-12H3. The van der Waals surface area contributed by atoms with Crippen LogP contribution in [0.5, 0.6) is 17.2 Å². The lowest BCUT2D eigenvalue weighted by Crippen LogP contribution is -2.35. The Bertz CT molecular complexity index is 1430. The molecule has 1 aliphatic rings. The van der Waals surface area contributed by atoms with Crippen LogP contribution in [0.25, 0.3) is 0 Å². The number of hydrogen-bond acceptors (Lipinski definition) is 6. The highest BCUT2D eigenvalue weighted by atomic mass is 16.3. The largest absolute Gasteiger partial charge is 0.507 e. The van der Waals surface area contributed by atoms with Crippen LogP contribution in [-0.4, -0.2) is 69.3 Å². The molecule has 0 saturated carbocycles. The maximum Gasteiger partial charge on any atom is 0.123 e. The van der Waals surface area contributed by atoms with E-state index in [-0.39, 0.29) is 16.2 Å². The number of rotatable bonds is 9. The van der Waals surface area contributed by atoms with Crippen molar-refractivity contribution in [2.45, 2.75) is 122 Å². The van der Waals surface area contributed by atoms with Crippen molar-refractivity contribution in [1.82, 2.24) is 14.7 Å². The molecule has 4 rings (SSSR count). The monoisotopic (exact) mass is 700 g/mol. The molecule has 1 fully saturated rings. The lowest BCUT2D eigenvalue weighted by Gasteiger charge is -2.28. The summed E-state index contributed by atoms with van der Waals surface area (Å²) in [7, 11) is 0. The number of phenolic OH excluding ortho intramolecular Hbond substituents is 3. The van der Waals surface area contributed by atoms with E-state index in [0.29, 0.717) is 36.9 Å². The summed E-state index contributed by atoms with van der Waals surface area (Å²) in [6.07, 6.45) is 2.47. The minimum absolute atomic E-state index is 0.0736. The number of benzene rings is 3. The van der Waals surface area contributed by atoms with Crippen LogP contribution in [0.1, 0.15) is 112 Å². The maximum absolute atomic E-state index is 11.5. The molecule has 282 valence electrons.